The molecule has 3 rings (SSSR count). The van der Waals surface area contributed by atoms with Gasteiger partial charge in [-0.3, -0.25) is 10.1 Å². The molecule has 2 heterocycles. The quantitative estimate of drug-likeness (QED) is 0.688. The van der Waals surface area contributed by atoms with Crippen molar-refractivity contribution < 1.29 is 13.7 Å². The van der Waals surface area contributed by atoms with E-state index in [0.29, 0.717) is 6.04 Å². The number of nitro groups is 1. The highest BCUT2D eigenvalue weighted by Gasteiger charge is 2.32. The molecule has 0 aromatic heterocycles. The summed E-state index contributed by atoms with van der Waals surface area (Å²) in [5.41, 5.74) is -0.821. The first-order valence-corrected chi connectivity index (χ1v) is 7.18. The maximum absolute atomic E-state index is 13.9. The summed E-state index contributed by atoms with van der Waals surface area (Å²) in [4.78, 5) is 12.2. The first-order chi connectivity index (χ1) is 10.0. The fourth-order valence-corrected chi connectivity index (χ4v) is 3.36. The Balaban J connectivity index is 1.74. The smallest absolute Gasteiger partial charge is 0.275 e. The minimum Gasteiger partial charge on any atom is -0.377 e. The Hall–Kier alpha value is -1.76. The molecule has 2 atom stereocenters. The maximum atomic E-state index is 13.9. The van der Waals surface area contributed by atoms with Gasteiger partial charge in [-0.05, 0) is 32.2 Å². The number of piperidine rings is 1. The summed E-state index contributed by atoms with van der Waals surface area (Å²) < 4.78 is 27.8. The van der Waals surface area contributed by atoms with Crippen LogP contribution in [0.5, 0.6) is 0 Å². The minimum atomic E-state index is -0.907. The van der Waals surface area contributed by atoms with Crippen LogP contribution < -0.4 is 5.32 Å². The number of anilines is 1. The van der Waals surface area contributed by atoms with Crippen LogP contribution in [0.15, 0.2) is 12.1 Å². The Morgan fingerprint density at radius 1 is 1.24 bits per heavy atom. The number of nitrogens with one attached hydrogen (secondary N) is 1. The standard InChI is InChI=1S/C14H17F2N3O2/c15-12-7-11(19(20)21)8-13(16)14(12)17-9-3-5-18-4-1-2-10(18)6-9/h7-10,17H,1-6H2. The topological polar surface area (TPSA) is 58.4 Å². The second-order valence-corrected chi connectivity index (χ2v) is 5.74. The van der Waals surface area contributed by atoms with Crippen molar-refractivity contribution in [1.29, 1.82) is 0 Å². The Morgan fingerprint density at radius 3 is 2.62 bits per heavy atom. The summed E-state index contributed by atoms with van der Waals surface area (Å²) in [7, 11) is 0. The molecule has 0 radical (unpaired) electrons. The average Bonchev–Trinajstić information content (AvgIpc) is 2.90. The van der Waals surface area contributed by atoms with Gasteiger partial charge in [0.1, 0.15) is 5.69 Å². The van der Waals surface area contributed by atoms with Gasteiger partial charge in [0.25, 0.3) is 5.69 Å². The molecule has 5 nitrogen and oxygen atoms in total. The SMILES string of the molecule is O=[N+]([O-])c1cc(F)c(NC2CCN3CCCC3C2)c(F)c1. The van der Waals surface area contributed by atoms with Gasteiger partial charge < -0.3 is 10.2 Å². The van der Waals surface area contributed by atoms with Gasteiger partial charge in [0.2, 0.25) is 0 Å². The van der Waals surface area contributed by atoms with Crippen molar-refractivity contribution >= 4 is 11.4 Å². The third kappa shape index (κ3) is 2.83. The molecule has 0 saturated carbocycles. The van der Waals surface area contributed by atoms with Gasteiger partial charge >= 0.3 is 0 Å². The molecule has 2 aliphatic heterocycles. The van der Waals surface area contributed by atoms with Gasteiger partial charge in [-0.1, -0.05) is 0 Å². The van der Waals surface area contributed by atoms with Crippen molar-refractivity contribution in [2.45, 2.75) is 37.8 Å². The van der Waals surface area contributed by atoms with Gasteiger partial charge in [-0.15, -0.1) is 0 Å². The summed E-state index contributed by atoms with van der Waals surface area (Å²) in [5.74, 6) is -1.81. The molecule has 1 aromatic rings. The number of halogens is 2. The fourth-order valence-electron chi connectivity index (χ4n) is 3.36. The van der Waals surface area contributed by atoms with Gasteiger partial charge in [0, 0.05) is 18.6 Å². The number of nitro benzene ring substituents is 1. The normalized spacial score (nSPS) is 25.6. The predicted molar refractivity (Wildman–Crippen MR) is 74.3 cm³/mol. The largest absolute Gasteiger partial charge is 0.377 e. The Bertz CT molecular complexity index is 544. The monoisotopic (exact) mass is 297 g/mol. The van der Waals surface area contributed by atoms with E-state index in [0.717, 1.165) is 44.5 Å². The van der Waals surface area contributed by atoms with Crippen molar-refractivity contribution in [1.82, 2.24) is 4.90 Å². The Kier molecular flexibility index (Phi) is 3.75. The lowest BCUT2D eigenvalue weighted by atomic mass is 9.97. The molecule has 0 spiro atoms. The molecule has 114 valence electrons. The van der Waals surface area contributed by atoms with E-state index >= 15 is 0 Å². The molecule has 21 heavy (non-hydrogen) atoms. The molecule has 2 saturated heterocycles. The maximum Gasteiger partial charge on any atom is 0.275 e. The first-order valence-electron chi connectivity index (χ1n) is 7.18. The summed E-state index contributed by atoms with van der Waals surface area (Å²) in [6, 6.07) is 2.02. The highest BCUT2D eigenvalue weighted by atomic mass is 19.1. The molecular weight excluding hydrogens is 280 g/mol. The summed E-state index contributed by atoms with van der Waals surface area (Å²) >= 11 is 0. The number of non-ortho nitro benzene ring substituents is 1. The lowest BCUT2D eigenvalue weighted by Crippen LogP contribution is -2.43. The molecule has 1 N–H and O–H groups in total. The van der Waals surface area contributed by atoms with Crippen LogP contribution in [0.3, 0.4) is 0 Å². The van der Waals surface area contributed by atoms with Crippen molar-refractivity contribution in [2.75, 3.05) is 18.4 Å². The number of hydrogen-bond donors (Lipinski definition) is 1. The van der Waals surface area contributed by atoms with E-state index in [9.17, 15) is 18.9 Å². The van der Waals surface area contributed by atoms with Crippen LogP contribution in [0.1, 0.15) is 25.7 Å². The van der Waals surface area contributed by atoms with E-state index < -0.39 is 22.2 Å². The number of hydrogen-bond acceptors (Lipinski definition) is 4. The van der Waals surface area contributed by atoms with E-state index in [-0.39, 0.29) is 11.7 Å². The second kappa shape index (κ2) is 5.55. The van der Waals surface area contributed by atoms with Crippen molar-refractivity contribution in [3.63, 3.8) is 0 Å². The highest BCUT2D eigenvalue weighted by molar-refractivity contribution is 5.52. The van der Waals surface area contributed by atoms with Crippen LogP contribution in [0.2, 0.25) is 0 Å². The number of fused-ring (bicyclic) bond motifs is 1. The van der Waals surface area contributed by atoms with E-state index in [4.69, 9.17) is 0 Å². The summed E-state index contributed by atoms with van der Waals surface area (Å²) in [6.45, 7) is 2.04. The highest BCUT2D eigenvalue weighted by Crippen LogP contribution is 2.31. The van der Waals surface area contributed by atoms with Crippen LogP contribution >= 0.6 is 0 Å². The van der Waals surface area contributed by atoms with Crippen LogP contribution in [-0.2, 0) is 0 Å². The molecule has 7 heteroatoms. The van der Waals surface area contributed by atoms with E-state index in [2.05, 4.69) is 10.2 Å². The van der Waals surface area contributed by atoms with Gasteiger partial charge in [-0.2, -0.15) is 0 Å². The zero-order chi connectivity index (χ0) is 15.0. The van der Waals surface area contributed by atoms with Gasteiger partial charge in [-0.25, -0.2) is 8.78 Å². The molecule has 0 aliphatic carbocycles. The van der Waals surface area contributed by atoms with Crippen LogP contribution in [-0.4, -0.2) is 35.0 Å². The summed E-state index contributed by atoms with van der Waals surface area (Å²) in [5, 5.41) is 13.5. The van der Waals surface area contributed by atoms with Gasteiger partial charge in [0.05, 0.1) is 17.1 Å². The first kappa shape index (κ1) is 14.2. The number of nitrogens with zero attached hydrogens (tertiary/aromatic N) is 2. The Labute approximate surface area is 121 Å². The molecule has 2 fully saturated rings. The molecule has 2 unspecified atom stereocenters. The van der Waals surface area contributed by atoms with E-state index in [1.165, 1.54) is 6.42 Å². The number of benzene rings is 1. The molecule has 0 amide bonds. The zero-order valence-corrected chi connectivity index (χ0v) is 11.5. The molecule has 0 bridgehead atoms. The van der Waals surface area contributed by atoms with E-state index in [1.54, 1.807) is 0 Å². The average molecular weight is 297 g/mol. The van der Waals surface area contributed by atoms with E-state index in [1.807, 2.05) is 0 Å². The number of rotatable bonds is 3. The lowest BCUT2D eigenvalue weighted by molar-refractivity contribution is -0.385. The lowest BCUT2D eigenvalue weighted by Gasteiger charge is -2.35. The van der Waals surface area contributed by atoms with Gasteiger partial charge in [0.15, 0.2) is 11.6 Å². The van der Waals surface area contributed by atoms with Crippen LogP contribution in [0, 0.1) is 21.7 Å². The second-order valence-electron chi connectivity index (χ2n) is 5.74. The fraction of sp³-hybridized carbons (Fsp3) is 0.571. The Morgan fingerprint density at radius 2 is 1.95 bits per heavy atom. The third-order valence-electron chi connectivity index (χ3n) is 4.41. The minimum absolute atomic E-state index is 0.00908. The van der Waals surface area contributed by atoms with Crippen molar-refractivity contribution in [3.8, 4) is 0 Å². The molecule has 2 aliphatic rings. The molecular formula is C14H17F2N3O2. The molecule has 1 aromatic carbocycles. The van der Waals surface area contributed by atoms with Crippen LogP contribution in [0.4, 0.5) is 20.2 Å². The zero-order valence-electron chi connectivity index (χ0n) is 11.5. The summed E-state index contributed by atoms with van der Waals surface area (Å²) in [6.07, 6.45) is 3.99. The third-order valence-corrected chi connectivity index (χ3v) is 4.41. The van der Waals surface area contributed by atoms with Crippen molar-refractivity contribution in [2.24, 2.45) is 0 Å². The predicted octanol–water partition coefficient (Wildman–Crippen LogP) is 2.91. The van der Waals surface area contributed by atoms with Crippen molar-refractivity contribution in [3.05, 3.63) is 33.9 Å². The van der Waals surface area contributed by atoms with Crippen LogP contribution in [0.25, 0.3) is 0 Å².